The lowest BCUT2D eigenvalue weighted by atomic mass is 10.3. The Bertz CT molecular complexity index is 629. The molecule has 0 saturated carbocycles. The zero-order chi connectivity index (χ0) is 13.1. The maximum Gasteiger partial charge on any atom is 0.337 e. The third kappa shape index (κ3) is 2.45. The number of carboxylic acids is 1. The highest BCUT2D eigenvalue weighted by molar-refractivity contribution is 5.87. The lowest BCUT2D eigenvalue weighted by molar-refractivity contribution is 0.0696. The van der Waals surface area contributed by atoms with Crippen LogP contribution in [0.2, 0.25) is 0 Å². The van der Waals surface area contributed by atoms with Crippen molar-refractivity contribution < 1.29 is 14.4 Å². The minimum absolute atomic E-state index is 0.0359. The van der Waals surface area contributed by atoms with Crippen molar-refractivity contribution >= 4 is 5.97 Å². The van der Waals surface area contributed by atoms with E-state index in [1.807, 2.05) is 6.92 Å². The van der Waals surface area contributed by atoms with E-state index in [4.69, 9.17) is 9.63 Å². The van der Waals surface area contributed by atoms with Crippen molar-refractivity contribution in [2.24, 2.45) is 0 Å². The van der Waals surface area contributed by atoms with E-state index in [1.165, 1.54) is 22.9 Å². The maximum absolute atomic E-state index is 11.6. The Hall–Kier alpha value is -2.44. The average Bonchev–Trinajstić information content (AvgIpc) is 2.79. The quantitative estimate of drug-likeness (QED) is 0.849. The number of carboxylic acid groups (broad SMARTS) is 1. The molecule has 2 aromatic rings. The van der Waals surface area contributed by atoms with Crippen molar-refractivity contribution in [1.82, 2.24) is 14.7 Å². The van der Waals surface area contributed by atoms with Crippen molar-refractivity contribution in [3.63, 3.8) is 0 Å². The van der Waals surface area contributed by atoms with Gasteiger partial charge in [-0.25, -0.2) is 4.79 Å². The lowest BCUT2D eigenvalue weighted by Crippen LogP contribution is -2.21. The highest BCUT2D eigenvalue weighted by Crippen LogP contribution is 2.01. The van der Waals surface area contributed by atoms with Crippen LogP contribution in [0, 0.1) is 0 Å². The number of carbonyl (C=O) groups is 1. The summed E-state index contributed by atoms with van der Waals surface area (Å²) in [4.78, 5) is 26.4. The Kier molecular flexibility index (Phi) is 3.22. The molecule has 2 rings (SSSR count). The largest absolute Gasteiger partial charge is 0.478 e. The van der Waals surface area contributed by atoms with Crippen LogP contribution >= 0.6 is 0 Å². The molecule has 0 aliphatic carbocycles. The number of hydrogen-bond donors (Lipinski definition) is 1. The second-order valence-corrected chi connectivity index (χ2v) is 3.65. The van der Waals surface area contributed by atoms with E-state index in [1.54, 1.807) is 0 Å². The summed E-state index contributed by atoms with van der Waals surface area (Å²) in [5, 5.41) is 12.5. The Morgan fingerprint density at radius 2 is 2.28 bits per heavy atom. The van der Waals surface area contributed by atoms with E-state index in [-0.39, 0.29) is 17.7 Å². The predicted octanol–water partition coefficient (Wildman–Crippen LogP) is 0.540. The SMILES string of the molecule is CCc1nc(Cn2cc(C(=O)O)ccc2=O)no1. The number of nitrogens with zero attached hydrogens (tertiary/aromatic N) is 3. The number of rotatable bonds is 4. The van der Waals surface area contributed by atoms with Crippen molar-refractivity contribution in [2.75, 3.05) is 0 Å². The van der Waals surface area contributed by atoms with Crippen LogP contribution in [0.1, 0.15) is 29.0 Å². The summed E-state index contributed by atoms with van der Waals surface area (Å²) in [6.45, 7) is 1.96. The van der Waals surface area contributed by atoms with Crippen molar-refractivity contribution in [1.29, 1.82) is 0 Å². The average molecular weight is 249 g/mol. The van der Waals surface area contributed by atoms with Gasteiger partial charge in [0.2, 0.25) is 5.89 Å². The van der Waals surface area contributed by atoms with Gasteiger partial charge in [-0.2, -0.15) is 4.98 Å². The molecule has 0 fully saturated rings. The zero-order valence-electron chi connectivity index (χ0n) is 9.66. The van der Waals surface area contributed by atoms with Gasteiger partial charge in [-0.05, 0) is 6.07 Å². The first kappa shape index (κ1) is 12.0. The van der Waals surface area contributed by atoms with Crippen molar-refractivity contribution in [3.8, 4) is 0 Å². The smallest absolute Gasteiger partial charge is 0.337 e. The minimum atomic E-state index is -1.09. The summed E-state index contributed by atoms with van der Waals surface area (Å²) >= 11 is 0. The van der Waals surface area contributed by atoms with E-state index in [0.29, 0.717) is 18.1 Å². The molecule has 94 valence electrons. The molecule has 0 aromatic carbocycles. The van der Waals surface area contributed by atoms with E-state index >= 15 is 0 Å². The monoisotopic (exact) mass is 249 g/mol. The molecule has 0 bridgehead atoms. The van der Waals surface area contributed by atoms with Gasteiger partial charge in [0, 0.05) is 18.7 Å². The minimum Gasteiger partial charge on any atom is -0.478 e. The number of aromatic nitrogens is 3. The highest BCUT2D eigenvalue weighted by atomic mass is 16.5. The third-order valence-corrected chi connectivity index (χ3v) is 2.35. The molecular weight excluding hydrogens is 238 g/mol. The second-order valence-electron chi connectivity index (χ2n) is 3.65. The van der Waals surface area contributed by atoms with Gasteiger partial charge in [0.15, 0.2) is 5.82 Å². The van der Waals surface area contributed by atoms with Gasteiger partial charge < -0.3 is 14.2 Å². The highest BCUT2D eigenvalue weighted by Gasteiger charge is 2.09. The maximum atomic E-state index is 11.6. The summed E-state index contributed by atoms with van der Waals surface area (Å²) in [6.07, 6.45) is 1.86. The number of pyridine rings is 1. The number of hydrogen-bond acceptors (Lipinski definition) is 5. The predicted molar refractivity (Wildman–Crippen MR) is 60.4 cm³/mol. The van der Waals surface area contributed by atoms with Gasteiger partial charge in [0.25, 0.3) is 5.56 Å². The first-order valence-corrected chi connectivity index (χ1v) is 5.35. The molecule has 7 heteroatoms. The van der Waals surface area contributed by atoms with Crippen LogP contribution < -0.4 is 5.56 Å². The van der Waals surface area contributed by atoms with E-state index in [0.717, 1.165) is 0 Å². The van der Waals surface area contributed by atoms with E-state index in [9.17, 15) is 9.59 Å². The van der Waals surface area contributed by atoms with Crippen LogP contribution in [0.25, 0.3) is 0 Å². The normalized spacial score (nSPS) is 10.5. The van der Waals surface area contributed by atoms with Gasteiger partial charge >= 0.3 is 5.97 Å². The molecule has 0 unspecified atom stereocenters. The Morgan fingerprint density at radius 3 is 2.89 bits per heavy atom. The third-order valence-electron chi connectivity index (χ3n) is 2.35. The molecule has 0 atom stereocenters. The number of aromatic carboxylic acids is 1. The molecule has 0 amide bonds. The summed E-state index contributed by atoms with van der Waals surface area (Å²) in [5.74, 6) is -0.268. The van der Waals surface area contributed by atoms with Crippen molar-refractivity contribution in [2.45, 2.75) is 19.9 Å². The zero-order valence-corrected chi connectivity index (χ0v) is 9.66. The standard InChI is InChI=1S/C11H11N3O4/c1-2-9-12-8(13-18-9)6-14-5-7(11(16)17)3-4-10(14)15/h3-5H,2,6H2,1H3,(H,16,17). The number of aryl methyl sites for hydroxylation is 1. The first-order valence-electron chi connectivity index (χ1n) is 5.35. The fourth-order valence-electron chi connectivity index (χ4n) is 1.43. The summed E-state index contributed by atoms with van der Waals surface area (Å²) < 4.78 is 6.14. The van der Waals surface area contributed by atoms with Gasteiger partial charge in [0.1, 0.15) is 0 Å². The summed E-state index contributed by atoms with van der Waals surface area (Å²) in [6, 6.07) is 2.46. The van der Waals surface area contributed by atoms with Crippen LogP contribution in [0.15, 0.2) is 27.6 Å². The van der Waals surface area contributed by atoms with Gasteiger partial charge in [-0.15, -0.1) is 0 Å². The van der Waals surface area contributed by atoms with Crippen LogP contribution in [0.3, 0.4) is 0 Å². The molecule has 18 heavy (non-hydrogen) atoms. The van der Waals surface area contributed by atoms with E-state index in [2.05, 4.69) is 10.1 Å². The van der Waals surface area contributed by atoms with Gasteiger partial charge in [0.05, 0.1) is 12.1 Å². The Labute approximate surface area is 102 Å². The van der Waals surface area contributed by atoms with Crippen LogP contribution in [-0.2, 0) is 13.0 Å². The molecule has 0 aliphatic heterocycles. The molecule has 7 nitrogen and oxygen atoms in total. The Balaban J connectivity index is 2.30. The molecule has 2 heterocycles. The molecule has 0 spiro atoms. The fraction of sp³-hybridized carbons (Fsp3) is 0.273. The molecule has 2 aromatic heterocycles. The molecule has 0 saturated heterocycles. The summed E-state index contributed by atoms with van der Waals surface area (Å²) in [5.41, 5.74) is -0.281. The fourth-order valence-corrected chi connectivity index (χ4v) is 1.43. The van der Waals surface area contributed by atoms with Crippen LogP contribution in [0.5, 0.6) is 0 Å². The Morgan fingerprint density at radius 1 is 1.50 bits per heavy atom. The second kappa shape index (κ2) is 4.82. The lowest BCUT2D eigenvalue weighted by Gasteiger charge is -2.02. The van der Waals surface area contributed by atoms with Crippen LogP contribution in [-0.4, -0.2) is 25.8 Å². The molecule has 0 radical (unpaired) electrons. The molecular formula is C11H11N3O4. The summed E-state index contributed by atoms with van der Waals surface area (Å²) in [7, 11) is 0. The first-order chi connectivity index (χ1) is 8.60. The molecule has 0 aliphatic rings. The van der Waals surface area contributed by atoms with E-state index < -0.39 is 5.97 Å². The van der Waals surface area contributed by atoms with Gasteiger partial charge in [-0.1, -0.05) is 12.1 Å². The topological polar surface area (TPSA) is 98.2 Å². The van der Waals surface area contributed by atoms with Crippen molar-refractivity contribution in [3.05, 3.63) is 46.0 Å². The molecule has 1 N–H and O–H groups in total. The van der Waals surface area contributed by atoms with Crippen LogP contribution in [0.4, 0.5) is 0 Å². The van der Waals surface area contributed by atoms with Gasteiger partial charge in [-0.3, -0.25) is 4.79 Å².